The maximum atomic E-state index is 6.42. The van der Waals surface area contributed by atoms with Crippen LogP contribution in [0.1, 0.15) is 24.4 Å². The van der Waals surface area contributed by atoms with E-state index in [0.29, 0.717) is 5.92 Å². The SMILES string of the molecule is NC(c1cncc2ccccc12)C1CCCOC1. The monoisotopic (exact) mass is 242 g/mol. The summed E-state index contributed by atoms with van der Waals surface area (Å²) in [6.45, 7) is 1.64. The third-order valence-electron chi connectivity index (χ3n) is 3.76. The van der Waals surface area contributed by atoms with Crippen molar-refractivity contribution in [3.63, 3.8) is 0 Å². The largest absolute Gasteiger partial charge is 0.381 e. The fraction of sp³-hybridized carbons (Fsp3) is 0.400. The summed E-state index contributed by atoms with van der Waals surface area (Å²) in [7, 11) is 0. The van der Waals surface area contributed by atoms with Gasteiger partial charge in [0, 0.05) is 36.3 Å². The second-order valence-corrected chi connectivity index (χ2v) is 4.95. The quantitative estimate of drug-likeness (QED) is 0.880. The van der Waals surface area contributed by atoms with Gasteiger partial charge in [0.05, 0.1) is 6.61 Å². The molecule has 1 aliphatic heterocycles. The number of rotatable bonds is 2. The summed E-state index contributed by atoms with van der Waals surface area (Å²) in [5.74, 6) is 0.409. The Hall–Kier alpha value is -1.45. The topological polar surface area (TPSA) is 48.1 Å². The van der Waals surface area contributed by atoms with Gasteiger partial charge in [0.2, 0.25) is 0 Å². The lowest BCUT2D eigenvalue weighted by atomic mass is 9.88. The molecule has 2 N–H and O–H groups in total. The molecule has 1 aromatic heterocycles. The molecule has 3 rings (SSSR count). The molecule has 0 amide bonds. The summed E-state index contributed by atoms with van der Waals surface area (Å²) in [5, 5.41) is 2.37. The van der Waals surface area contributed by atoms with Crippen LogP contribution in [0, 0.1) is 5.92 Å². The molecule has 2 unspecified atom stereocenters. The summed E-state index contributed by atoms with van der Waals surface area (Å²) >= 11 is 0. The van der Waals surface area contributed by atoms with Gasteiger partial charge in [0.15, 0.2) is 0 Å². The normalized spacial score (nSPS) is 21.9. The Balaban J connectivity index is 1.97. The number of fused-ring (bicyclic) bond motifs is 1. The van der Waals surface area contributed by atoms with E-state index in [1.54, 1.807) is 0 Å². The van der Waals surface area contributed by atoms with Gasteiger partial charge in [-0.05, 0) is 23.8 Å². The van der Waals surface area contributed by atoms with Crippen molar-refractivity contribution >= 4 is 10.8 Å². The maximum absolute atomic E-state index is 6.42. The van der Waals surface area contributed by atoms with E-state index in [1.807, 2.05) is 18.5 Å². The zero-order chi connectivity index (χ0) is 12.4. The second-order valence-electron chi connectivity index (χ2n) is 4.95. The van der Waals surface area contributed by atoms with Gasteiger partial charge in [-0.3, -0.25) is 4.98 Å². The molecule has 2 heterocycles. The standard InChI is InChI=1S/C15H18N2O/c16-15(12-5-3-7-18-10-12)14-9-17-8-11-4-1-2-6-13(11)14/h1-2,4,6,8-9,12,15H,3,5,7,10,16H2. The Labute approximate surface area is 107 Å². The minimum Gasteiger partial charge on any atom is -0.381 e. The Morgan fingerprint density at radius 3 is 3.00 bits per heavy atom. The van der Waals surface area contributed by atoms with Gasteiger partial charge in [-0.15, -0.1) is 0 Å². The van der Waals surface area contributed by atoms with E-state index in [9.17, 15) is 0 Å². The summed E-state index contributed by atoms with van der Waals surface area (Å²) < 4.78 is 5.54. The molecule has 0 radical (unpaired) electrons. The zero-order valence-electron chi connectivity index (χ0n) is 10.4. The van der Waals surface area contributed by atoms with Crippen molar-refractivity contribution in [1.82, 2.24) is 4.98 Å². The zero-order valence-corrected chi connectivity index (χ0v) is 10.4. The molecule has 0 aliphatic carbocycles. The van der Waals surface area contributed by atoms with Crippen molar-refractivity contribution in [1.29, 1.82) is 0 Å². The second kappa shape index (κ2) is 5.04. The summed E-state index contributed by atoms with van der Waals surface area (Å²) in [6, 6.07) is 8.30. The molecule has 2 atom stereocenters. The predicted molar refractivity (Wildman–Crippen MR) is 72.2 cm³/mol. The van der Waals surface area contributed by atoms with Crippen molar-refractivity contribution in [3.05, 3.63) is 42.2 Å². The van der Waals surface area contributed by atoms with E-state index < -0.39 is 0 Å². The highest BCUT2D eigenvalue weighted by Crippen LogP contribution is 2.30. The highest BCUT2D eigenvalue weighted by molar-refractivity contribution is 5.85. The first-order valence-corrected chi connectivity index (χ1v) is 6.52. The van der Waals surface area contributed by atoms with Crippen molar-refractivity contribution in [2.75, 3.05) is 13.2 Å². The third-order valence-corrected chi connectivity index (χ3v) is 3.76. The molecule has 1 fully saturated rings. The average molecular weight is 242 g/mol. The van der Waals surface area contributed by atoms with Crippen molar-refractivity contribution in [3.8, 4) is 0 Å². The molecule has 18 heavy (non-hydrogen) atoms. The van der Waals surface area contributed by atoms with Crippen molar-refractivity contribution < 1.29 is 4.74 Å². The average Bonchev–Trinajstić information content (AvgIpc) is 2.47. The molecule has 1 saturated heterocycles. The minimum absolute atomic E-state index is 0.0175. The van der Waals surface area contributed by atoms with Crippen LogP contribution in [0.15, 0.2) is 36.7 Å². The van der Waals surface area contributed by atoms with Crippen LogP contribution in [0.4, 0.5) is 0 Å². The molecule has 0 spiro atoms. The van der Waals surface area contributed by atoms with Gasteiger partial charge in [-0.25, -0.2) is 0 Å². The number of benzene rings is 1. The Bertz CT molecular complexity index is 530. The third kappa shape index (κ3) is 2.11. The number of pyridine rings is 1. The number of ether oxygens (including phenoxy) is 1. The van der Waals surface area contributed by atoms with E-state index in [2.05, 4.69) is 23.2 Å². The van der Waals surface area contributed by atoms with Crippen molar-refractivity contribution in [2.45, 2.75) is 18.9 Å². The van der Waals surface area contributed by atoms with E-state index >= 15 is 0 Å². The van der Waals surface area contributed by atoms with Crippen molar-refractivity contribution in [2.24, 2.45) is 11.7 Å². The van der Waals surface area contributed by atoms with Crippen LogP contribution in [0.25, 0.3) is 10.8 Å². The van der Waals surface area contributed by atoms with Crippen LogP contribution in [0.2, 0.25) is 0 Å². The smallest absolute Gasteiger partial charge is 0.0512 e. The highest BCUT2D eigenvalue weighted by Gasteiger charge is 2.23. The van der Waals surface area contributed by atoms with Gasteiger partial charge in [0.1, 0.15) is 0 Å². The molecule has 1 aliphatic rings. The molecule has 0 saturated carbocycles. The van der Waals surface area contributed by atoms with Gasteiger partial charge < -0.3 is 10.5 Å². The molecule has 3 heteroatoms. The van der Waals surface area contributed by atoms with Gasteiger partial charge in [-0.2, -0.15) is 0 Å². The molecular weight excluding hydrogens is 224 g/mol. The van der Waals surface area contributed by atoms with Crippen LogP contribution in [0.5, 0.6) is 0 Å². The Morgan fingerprint density at radius 2 is 2.17 bits per heavy atom. The van der Waals surface area contributed by atoms with Crippen LogP contribution in [-0.4, -0.2) is 18.2 Å². The predicted octanol–water partition coefficient (Wildman–Crippen LogP) is 2.66. The van der Waals surface area contributed by atoms with E-state index in [-0.39, 0.29) is 6.04 Å². The lowest BCUT2D eigenvalue weighted by Crippen LogP contribution is -2.29. The summed E-state index contributed by atoms with van der Waals surface area (Å²) in [6.07, 6.45) is 6.05. The van der Waals surface area contributed by atoms with E-state index in [4.69, 9.17) is 10.5 Å². The maximum Gasteiger partial charge on any atom is 0.0512 e. The number of nitrogens with two attached hydrogens (primary N) is 1. The first kappa shape index (κ1) is 11.6. The Morgan fingerprint density at radius 1 is 1.28 bits per heavy atom. The number of aromatic nitrogens is 1. The molecule has 0 bridgehead atoms. The van der Waals surface area contributed by atoms with E-state index in [1.165, 1.54) is 5.39 Å². The molecule has 3 nitrogen and oxygen atoms in total. The molecule has 1 aromatic carbocycles. The van der Waals surface area contributed by atoms with Crippen LogP contribution >= 0.6 is 0 Å². The van der Waals surface area contributed by atoms with E-state index in [0.717, 1.165) is 37.0 Å². The molecular formula is C15H18N2O. The number of hydrogen-bond donors (Lipinski definition) is 1. The number of hydrogen-bond acceptors (Lipinski definition) is 3. The van der Waals surface area contributed by atoms with Gasteiger partial charge >= 0.3 is 0 Å². The van der Waals surface area contributed by atoms with Gasteiger partial charge in [-0.1, -0.05) is 24.3 Å². The molecule has 2 aromatic rings. The minimum atomic E-state index is 0.0175. The Kier molecular flexibility index (Phi) is 3.26. The highest BCUT2D eigenvalue weighted by atomic mass is 16.5. The summed E-state index contributed by atoms with van der Waals surface area (Å²) in [5.41, 5.74) is 7.56. The molecule has 94 valence electrons. The fourth-order valence-electron chi connectivity index (χ4n) is 2.71. The lowest BCUT2D eigenvalue weighted by Gasteiger charge is -2.28. The van der Waals surface area contributed by atoms with Crippen LogP contribution in [-0.2, 0) is 4.74 Å². The first-order valence-electron chi connectivity index (χ1n) is 6.52. The fourth-order valence-corrected chi connectivity index (χ4v) is 2.71. The van der Waals surface area contributed by atoms with Crippen LogP contribution < -0.4 is 5.73 Å². The van der Waals surface area contributed by atoms with Gasteiger partial charge in [0.25, 0.3) is 0 Å². The first-order chi connectivity index (χ1) is 8.86. The lowest BCUT2D eigenvalue weighted by molar-refractivity contribution is 0.0449. The van der Waals surface area contributed by atoms with Crippen LogP contribution in [0.3, 0.4) is 0 Å². The number of nitrogens with zero attached hydrogens (tertiary/aromatic N) is 1. The summed E-state index contributed by atoms with van der Waals surface area (Å²) in [4.78, 5) is 4.31.